The zero-order chi connectivity index (χ0) is 25.3. The minimum Gasteiger partial charge on any atom is -0.480 e. The first kappa shape index (κ1) is 28.2. The quantitative estimate of drug-likeness (QED) is 0.203. The molecular formula is C17H26F3N5O8. The summed E-state index contributed by atoms with van der Waals surface area (Å²) in [6.45, 7) is -0.0917. The minimum atomic E-state index is -5.08. The lowest BCUT2D eigenvalue weighted by Crippen LogP contribution is -2.36. The van der Waals surface area contributed by atoms with Crippen LogP contribution in [0.15, 0.2) is 17.3 Å². The zero-order valence-corrected chi connectivity index (χ0v) is 17.2. The van der Waals surface area contributed by atoms with Gasteiger partial charge in [0.05, 0.1) is 6.61 Å². The number of carbonyl (C=O) groups is 2. The van der Waals surface area contributed by atoms with Crippen molar-refractivity contribution in [2.45, 2.75) is 56.0 Å². The number of aromatic nitrogens is 2. The van der Waals surface area contributed by atoms with E-state index in [9.17, 15) is 33.3 Å². The van der Waals surface area contributed by atoms with Crippen LogP contribution in [-0.2, 0) is 14.3 Å². The lowest BCUT2D eigenvalue weighted by atomic mass is 10.1. The van der Waals surface area contributed by atoms with Gasteiger partial charge in [-0.2, -0.15) is 18.2 Å². The number of hydrogen-bond acceptors (Lipinski definition) is 10. The second-order valence-corrected chi connectivity index (χ2v) is 6.91. The van der Waals surface area contributed by atoms with Crippen molar-refractivity contribution in [1.29, 1.82) is 0 Å². The standard InChI is InChI=1S/C15H25N5O6.C2HF3O2/c16-8(14(24)25)3-1-2-5-18-15-19-10(17)4-6-20(15)13-12(23)11(22)9(7-21)26-13;3-2(4,5)1(6)7/h4,6,8-9,11-13,21-23H,1-3,5,7,16H2,(H,24,25)(H2,17,18,19);(H,6,7)/t8-,9+,11+,12+,13+;/m0./s1. The molecule has 1 aliphatic rings. The van der Waals surface area contributed by atoms with E-state index in [-0.39, 0.29) is 11.4 Å². The largest absolute Gasteiger partial charge is 0.490 e. The molecule has 0 aliphatic carbocycles. The SMILES string of the molecule is Nc1ccn([C@@H]2O[C@H](CO)[C@@H](O)[C@H]2O)c(=NCCCC[C@H](N)C(=O)O)n1.O=C(O)C(F)(F)F. The van der Waals surface area contributed by atoms with Crippen LogP contribution in [0.3, 0.4) is 0 Å². The van der Waals surface area contributed by atoms with Gasteiger partial charge in [0, 0.05) is 12.7 Å². The fourth-order valence-corrected chi connectivity index (χ4v) is 2.64. The summed E-state index contributed by atoms with van der Waals surface area (Å²) in [4.78, 5) is 28.0. The van der Waals surface area contributed by atoms with Crippen LogP contribution < -0.4 is 17.1 Å². The molecule has 0 amide bonds. The Bertz CT molecular complexity index is 866. The molecule has 0 radical (unpaired) electrons. The van der Waals surface area contributed by atoms with Crippen LogP contribution >= 0.6 is 0 Å². The third-order valence-electron chi connectivity index (χ3n) is 4.39. The third kappa shape index (κ3) is 8.58. The molecule has 5 atom stereocenters. The van der Waals surface area contributed by atoms with E-state index in [0.29, 0.717) is 25.8 Å². The fraction of sp³-hybridized carbons (Fsp3) is 0.647. The van der Waals surface area contributed by atoms with E-state index in [0.717, 1.165) is 0 Å². The van der Waals surface area contributed by atoms with E-state index in [1.807, 2.05) is 0 Å². The smallest absolute Gasteiger partial charge is 0.480 e. The van der Waals surface area contributed by atoms with Gasteiger partial charge in [-0.1, -0.05) is 0 Å². The average Bonchev–Trinajstić information content (AvgIpc) is 3.01. The Kier molecular flexibility index (Phi) is 10.7. The fourth-order valence-electron chi connectivity index (χ4n) is 2.64. The topological polar surface area (TPSA) is 227 Å². The number of nitrogens with two attached hydrogens (primary N) is 2. The van der Waals surface area contributed by atoms with Gasteiger partial charge in [0.25, 0.3) is 0 Å². The Morgan fingerprint density at radius 3 is 2.33 bits per heavy atom. The van der Waals surface area contributed by atoms with E-state index < -0.39 is 55.3 Å². The number of unbranched alkanes of at least 4 members (excludes halogenated alkanes) is 1. The summed E-state index contributed by atoms with van der Waals surface area (Å²) < 4.78 is 38.6. The Balaban J connectivity index is 0.000000675. The molecule has 2 heterocycles. The van der Waals surface area contributed by atoms with E-state index in [1.165, 1.54) is 16.8 Å². The maximum Gasteiger partial charge on any atom is 0.490 e. The number of alkyl halides is 3. The molecule has 2 rings (SSSR count). The third-order valence-corrected chi connectivity index (χ3v) is 4.39. The molecule has 1 aromatic heterocycles. The number of carboxylic acid groups (broad SMARTS) is 2. The van der Waals surface area contributed by atoms with Crippen LogP contribution in [0.1, 0.15) is 25.5 Å². The Morgan fingerprint density at radius 2 is 1.85 bits per heavy atom. The Morgan fingerprint density at radius 1 is 1.24 bits per heavy atom. The summed E-state index contributed by atoms with van der Waals surface area (Å²) in [5.74, 6) is -3.58. The Labute approximate surface area is 184 Å². The summed E-state index contributed by atoms with van der Waals surface area (Å²) in [6.07, 6.45) is -6.42. The van der Waals surface area contributed by atoms with Gasteiger partial charge in [0.15, 0.2) is 6.23 Å². The van der Waals surface area contributed by atoms with Gasteiger partial charge >= 0.3 is 18.1 Å². The predicted octanol–water partition coefficient (Wildman–Crippen LogP) is -1.81. The first-order chi connectivity index (χ1) is 15.3. The van der Waals surface area contributed by atoms with Crippen molar-refractivity contribution in [2.24, 2.45) is 10.7 Å². The van der Waals surface area contributed by atoms with Gasteiger partial charge in [-0.05, 0) is 25.3 Å². The zero-order valence-electron chi connectivity index (χ0n) is 17.2. The summed E-state index contributed by atoms with van der Waals surface area (Å²) in [7, 11) is 0. The van der Waals surface area contributed by atoms with Crippen molar-refractivity contribution >= 4 is 17.8 Å². The highest BCUT2D eigenvalue weighted by molar-refractivity contribution is 5.73. The van der Waals surface area contributed by atoms with E-state index >= 15 is 0 Å². The number of aliphatic hydroxyl groups excluding tert-OH is 3. The highest BCUT2D eigenvalue weighted by Gasteiger charge is 2.43. The molecule has 0 bridgehead atoms. The minimum absolute atomic E-state index is 0.197. The van der Waals surface area contributed by atoms with E-state index in [2.05, 4.69) is 9.98 Å². The van der Waals surface area contributed by atoms with Crippen molar-refractivity contribution in [3.63, 3.8) is 0 Å². The molecule has 1 fully saturated rings. The van der Waals surface area contributed by atoms with Crippen molar-refractivity contribution in [3.05, 3.63) is 17.9 Å². The van der Waals surface area contributed by atoms with Gasteiger partial charge in [-0.15, -0.1) is 0 Å². The van der Waals surface area contributed by atoms with E-state index in [1.54, 1.807) is 0 Å². The van der Waals surface area contributed by atoms with E-state index in [4.69, 9.17) is 31.2 Å². The number of hydrogen-bond donors (Lipinski definition) is 7. The monoisotopic (exact) mass is 485 g/mol. The molecule has 0 saturated carbocycles. The van der Waals surface area contributed by atoms with Crippen LogP contribution in [0.2, 0.25) is 0 Å². The van der Waals surface area contributed by atoms with Gasteiger partial charge in [-0.3, -0.25) is 14.4 Å². The molecule has 188 valence electrons. The molecule has 0 unspecified atom stereocenters. The number of nitrogen functional groups attached to an aromatic ring is 1. The molecule has 13 nitrogen and oxygen atoms in total. The van der Waals surface area contributed by atoms with Gasteiger partial charge in [-0.25, -0.2) is 4.79 Å². The molecular weight excluding hydrogens is 459 g/mol. The molecule has 1 aromatic rings. The first-order valence-electron chi connectivity index (χ1n) is 9.55. The van der Waals surface area contributed by atoms with Gasteiger partial charge < -0.3 is 41.7 Å². The van der Waals surface area contributed by atoms with Crippen molar-refractivity contribution < 1.29 is 53.0 Å². The summed E-state index contributed by atoms with van der Waals surface area (Å²) >= 11 is 0. The number of anilines is 1. The predicted molar refractivity (Wildman–Crippen MR) is 103 cm³/mol. The number of rotatable bonds is 8. The number of aliphatic hydroxyl groups is 3. The number of nitrogens with zero attached hydrogens (tertiary/aromatic N) is 3. The summed E-state index contributed by atoms with van der Waals surface area (Å²) in [5, 5.41) is 45.1. The van der Waals surface area contributed by atoms with Crippen LogP contribution in [0.5, 0.6) is 0 Å². The highest BCUT2D eigenvalue weighted by atomic mass is 19.4. The van der Waals surface area contributed by atoms with Gasteiger partial charge in [0.2, 0.25) is 5.62 Å². The lowest BCUT2D eigenvalue weighted by Gasteiger charge is -2.18. The van der Waals surface area contributed by atoms with Crippen LogP contribution in [0, 0.1) is 0 Å². The lowest BCUT2D eigenvalue weighted by molar-refractivity contribution is -0.192. The number of carboxylic acids is 2. The van der Waals surface area contributed by atoms with Crippen LogP contribution in [-0.4, -0.2) is 90.7 Å². The van der Waals surface area contributed by atoms with Crippen LogP contribution in [0.4, 0.5) is 19.0 Å². The molecule has 16 heteroatoms. The molecule has 33 heavy (non-hydrogen) atoms. The van der Waals surface area contributed by atoms with Gasteiger partial charge in [0.1, 0.15) is 30.2 Å². The normalized spacial score (nSPS) is 24.2. The Hall–Kier alpha value is -2.79. The number of ether oxygens (including phenoxy) is 1. The number of halogens is 3. The summed E-state index contributed by atoms with van der Waals surface area (Å²) in [5.41, 5.74) is 11.3. The average molecular weight is 485 g/mol. The molecule has 0 spiro atoms. The van der Waals surface area contributed by atoms with Crippen molar-refractivity contribution in [3.8, 4) is 0 Å². The summed E-state index contributed by atoms with van der Waals surface area (Å²) in [6, 6.07) is 0.601. The second kappa shape index (κ2) is 12.4. The molecule has 0 aromatic carbocycles. The van der Waals surface area contributed by atoms with Crippen LogP contribution in [0.25, 0.3) is 0 Å². The highest BCUT2D eigenvalue weighted by Crippen LogP contribution is 2.28. The maximum atomic E-state index is 10.7. The van der Waals surface area contributed by atoms with Crippen molar-refractivity contribution in [1.82, 2.24) is 9.55 Å². The van der Waals surface area contributed by atoms with Crippen molar-refractivity contribution in [2.75, 3.05) is 18.9 Å². The maximum absolute atomic E-state index is 10.7. The molecule has 9 N–H and O–H groups in total. The number of aliphatic carboxylic acids is 2. The molecule has 1 saturated heterocycles. The second-order valence-electron chi connectivity index (χ2n) is 6.91. The first-order valence-corrected chi connectivity index (χ1v) is 9.55. The molecule has 1 aliphatic heterocycles.